The Morgan fingerprint density at radius 3 is 2.65 bits per heavy atom. The van der Waals surface area contributed by atoms with Gasteiger partial charge in [-0.3, -0.25) is 14.5 Å². The minimum Gasteiger partial charge on any atom is -0.378 e. The third kappa shape index (κ3) is 5.03. The summed E-state index contributed by atoms with van der Waals surface area (Å²) in [5, 5.41) is 5.76. The Bertz CT molecular complexity index is 643. The van der Waals surface area contributed by atoms with Gasteiger partial charge >= 0.3 is 0 Å². The number of hydrogen-bond donors (Lipinski definition) is 2. The van der Waals surface area contributed by atoms with Crippen molar-refractivity contribution in [3.05, 3.63) is 29.8 Å². The molecule has 0 saturated carbocycles. The second-order valence-electron chi connectivity index (χ2n) is 7.21. The predicted molar refractivity (Wildman–Crippen MR) is 100 cm³/mol. The Balaban J connectivity index is 1.48. The molecule has 2 atom stereocenters. The maximum Gasteiger partial charge on any atom is 0.233 e. The van der Waals surface area contributed by atoms with Gasteiger partial charge in [0.25, 0.3) is 0 Å². The third-order valence-electron chi connectivity index (χ3n) is 5.03. The van der Waals surface area contributed by atoms with Crippen LogP contribution in [0.25, 0.3) is 0 Å². The van der Waals surface area contributed by atoms with E-state index >= 15 is 0 Å². The summed E-state index contributed by atoms with van der Waals surface area (Å²) in [5.74, 6) is -0.562. The van der Waals surface area contributed by atoms with Crippen molar-refractivity contribution >= 4 is 17.5 Å². The van der Waals surface area contributed by atoms with Gasteiger partial charge in [0, 0.05) is 31.9 Å². The lowest BCUT2D eigenvalue weighted by molar-refractivity contribution is -0.127. The van der Waals surface area contributed by atoms with Crippen molar-refractivity contribution in [2.24, 2.45) is 0 Å². The van der Waals surface area contributed by atoms with Gasteiger partial charge < -0.3 is 20.3 Å². The average Bonchev–Trinajstić information content (AvgIpc) is 3.03. The van der Waals surface area contributed by atoms with E-state index in [0.29, 0.717) is 18.9 Å². The zero-order chi connectivity index (χ0) is 18.5. The Kier molecular flexibility index (Phi) is 6.24. The standard InChI is InChI=1S/C19H28N4O3/c1-14-4-3-5-15(10-14)20-18(24)11-19(25)21-16-12-26-13-17(16)23-8-6-22(2)7-9-23/h3-5,10,16-17H,6-9,11-13H2,1-2H3,(H,20,24)(H,21,25)/t16-,17-/m0/s1. The summed E-state index contributed by atoms with van der Waals surface area (Å²) in [5.41, 5.74) is 1.77. The van der Waals surface area contributed by atoms with E-state index in [4.69, 9.17) is 4.74 Å². The number of nitrogens with one attached hydrogen (secondary N) is 2. The molecule has 2 N–H and O–H groups in total. The maximum atomic E-state index is 12.3. The summed E-state index contributed by atoms with van der Waals surface area (Å²) in [7, 11) is 2.12. The normalized spacial score (nSPS) is 24.4. The van der Waals surface area contributed by atoms with Crippen LogP contribution in [0.1, 0.15) is 12.0 Å². The lowest BCUT2D eigenvalue weighted by atomic mass is 10.1. The van der Waals surface area contributed by atoms with Crippen molar-refractivity contribution in [2.45, 2.75) is 25.4 Å². The molecule has 142 valence electrons. The van der Waals surface area contributed by atoms with Crippen molar-refractivity contribution in [3.8, 4) is 0 Å². The number of likely N-dealkylation sites (N-methyl/N-ethyl adjacent to an activating group) is 1. The summed E-state index contributed by atoms with van der Waals surface area (Å²) in [6.45, 7) is 7.09. The van der Waals surface area contributed by atoms with E-state index in [9.17, 15) is 9.59 Å². The van der Waals surface area contributed by atoms with Gasteiger partial charge in [0.2, 0.25) is 11.8 Å². The number of carbonyl (C=O) groups is 2. The highest BCUT2D eigenvalue weighted by atomic mass is 16.5. The molecule has 7 nitrogen and oxygen atoms in total. The number of piperazine rings is 1. The van der Waals surface area contributed by atoms with Crippen molar-refractivity contribution in [1.82, 2.24) is 15.1 Å². The highest BCUT2D eigenvalue weighted by molar-refractivity contribution is 6.03. The molecule has 3 rings (SSSR count). The van der Waals surface area contributed by atoms with Gasteiger partial charge in [-0.1, -0.05) is 12.1 Å². The third-order valence-corrected chi connectivity index (χ3v) is 5.03. The SMILES string of the molecule is Cc1cccc(NC(=O)CC(=O)N[C@H]2COC[C@@H]2N2CCN(C)CC2)c1. The van der Waals surface area contributed by atoms with Gasteiger partial charge in [-0.2, -0.15) is 0 Å². The zero-order valence-corrected chi connectivity index (χ0v) is 15.5. The largest absolute Gasteiger partial charge is 0.378 e. The van der Waals surface area contributed by atoms with Crippen molar-refractivity contribution in [3.63, 3.8) is 0 Å². The number of hydrogen-bond acceptors (Lipinski definition) is 5. The van der Waals surface area contributed by atoms with Crippen molar-refractivity contribution in [2.75, 3.05) is 51.8 Å². The number of carbonyl (C=O) groups excluding carboxylic acids is 2. The molecule has 2 aliphatic rings. The molecule has 2 heterocycles. The Morgan fingerprint density at radius 1 is 1.15 bits per heavy atom. The van der Waals surface area contributed by atoms with E-state index in [0.717, 1.165) is 31.7 Å². The molecule has 2 aliphatic heterocycles. The van der Waals surface area contributed by atoms with Crippen LogP contribution >= 0.6 is 0 Å². The molecular weight excluding hydrogens is 332 g/mol. The van der Waals surface area contributed by atoms with Crippen LogP contribution in [-0.2, 0) is 14.3 Å². The van der Waals surface area contributed by atoms with E-state index in [1.807, 2.05) is 31.2 Å². The topological polar surface area (TPSA) is 73.9 Å². The van der Waals surface area contributed by atoms with Crippen LogP contribution in [0.5, 0.6) is 0 Å². The van der Waals surface area contributed by atoms with Gasteiger partial charge in [-0.25, -0.2) is 0 Å². The van der Waals surface area contributed by atoms with Crippen LogP contribution in [0.4, 0.5) is 5.69 Å². The Hall–Kier alpha value is -1.96. The molecule has 0 radical (unpaired) electrons. The smallest absolute Gasteiger partial charge is 0.233 e. The molecule has 1 aromatic carbocycles. The fourth-order valence-corrected chi connectivity index (χ4v) is 3.53. The Labute approximate surface area is 154 Å². The monoisotopic (exact) mass is 360 g/mol. The molecule has 0 spiro atoms. The van der Waals surface area contributed by atoms with Gasteiger partial charge in [0.05, 0.1) is 25.3 Å². The van der Waals surface area contributed by atoms with Crippen LogP contribution in [0.3, 0.4) is 0 Å². The average molecular weight is 360 g/mol. The van der Waals surface area contributed by atoms with E-state index < -0.39 is 0 Å². The first kappa shape index (κ1) is 18.8. The van der Waals surface area contributed by atoms with Crippen LogP contribution in [-0.4, -0.2) is 80.1 Å². The predicted octanol–water partition coefficient (Wildman–Crippen LogP) is 0.455. The summed E-state index contributed by atoms with van der Waals surface area (Å²) in [6.07, 6.45) is -0.181. The number of amides is 2. The number of anilines is 1. The van der Waals surface area contributed by atoms with Crippen molar-refractivity contribution < 1.29 is 14.3 Å². The summed E-state index contributed by atoms with van der Waals surface area (Å²) in [4.78, 5) is 29.1. The highest BCUT2D eigenvalue weighted by Gasteiger charge is 2.35. The molecule has 0 aromatic heterocycles. The number of ether oxygens (including phenoxy) is 1. The molecule has 2 amide bonds. The first-order valence-electron chi connectivity index (χ1n) is 9.17. The fraction of sp³-hybridized carbons (Fsp3) is 0.579. The second-order valence-corrected chi connectivity index (χ2v) is 7.21. The Morgan fingerprint density at radius 2 is 1.92 bits per heavy atom. The molecule has 0 unspecified atom stereocenters. The minimum absolute atomic E-state index is 0.0577. The first-order chi connectivity index (χ1) is 12.5. The number of benzene rings is 1. The van der Waals surface area contributed by atoms with Crippen molar-refractivity contribution in [1.29, 1.82) is 0 Å². The molecule has 1 aromatic rings. The van der Waals surface area contributed by atoms with Crippen LogP contribution in [0, 0.1) is 6.92 Å². The second kappa shape index (κ2) is 8.62. The zero-order valence-electron chi connectivity index (χ0n) is 15.5. The first-order valence-corrected chi connectivity index (χ1v) is 9.17. The molecular formula is C19H28N4O3. The number of aryl methyl sites for hydroxylation is 1. The maximum absolute atomic E-state index is 12.3. The number of rotatable bonds is 5. The van der Waals surface area contributed by atoms with E-state index in [-0.39, 0.29) is 30.3 Å². The lowest BCUT2D eigenvalue weighted by Gasteiger charge is -2.38. The lowest BCUT2D eigenvalue weighted by Crippen LogP contribution is -2.56. The van der Waals surface area contributed by atoms with Gasteiger partial charge in [-0.15, -0.1) is 0 Å². The van der Waals surface area contributed by atoms with Crippen LogP contribution < -0.4 is 10.6 Å². The summed E-state index contributed by atoms with van der Waals surface area (Å²) < 4.78 is 5.59. The van der Waals surface area contributed by atoms with Crippen LogP contribution in [0.15, 0.2) is 24.3 Å². The summed E-state index contributed by atoms with van der Waals surface area (Å²) >= 11 is 0. The van der Waals surface area contributed by atoms with Crippen LogP contribution in [0.2, 0.25) is 0 Å². The molecule has 2 saturated heterocycles. The van der Waals surface area contributed by atoms with E-state index in [2.05, 4.69) is 27.5 Å². The quantitative estimate of drug-likeness (QED) is 0.746. The van der Waals surface area contributed by atoms with Gasteiger partial charge in [0.1, 0.15) is 6.42 Å². The summed E-state index contributed by atoms with van der Waals surface area (Å²) in [6, 6.07) is 7.66. The van der Waals surface area contributed by atoms with Gasteiger partial charge in [-0.05, 0) is 31.7 Å². The molecule has 7 heteroatoms. The van der Waals surface area contributed by atoms with E-state index in [1.165, 1.54) is 0 Å². The molecule has 26 heavy (non-hydrogen) atoms. The van der Waals surface area contributed by atoms with Gasteiger partial charge in [0.15, 0.2) is 0 Å². The number of nitrogens with zero attached hydrogens (tertiary/aromatic N) is 2. The molecule has 2 fully saturated rings. The minimum atomic E-state index is -0.303. The highest BCUT2D eigenvalue weighted by Crippen LogP contribution is 2.16. The molecule has 0 aliphatic carbocycles. The fourth-order valence-electron chi connectivity index (χ4n) is 3.53. The molecule has 0 bridgehead atoms. The van der Waals surface area contributed by atoms with E-state index in [1.54, 1.807) is 0 Å².